The van der Waals surface area contributed by atoms with Crippen LogP contribution >= 0.6 is 0 Å². The number of pyridine rings is 1. The van der Waals surface area contributed by atoms with Gasteiger partial charge >= 0.3 is 0 Å². The van der Waals surface area contributed by atoms with Crippen molar-refractivity contribution in [3.63, 3.8) is 0 Å². The maximum absolute atomic E-state index is 4.38. The first-order valence-corrected chi connectivity index (χ1v) is 5.97. The molecule has 1 aromatic rings. The van der Waals surface area contributed by atoms with Crippen molar-refractivity contribution in [3.05, 3.63) is 29.6 Å². The van der Waals surface area contributed by atoms with Gasteiger partial charge in [0.05, 0.1) is 5.69 Å². The number of hydrogen-bond acceptors (Lipinski definition) is 2. The molecule has 0 saturated heterocycles. The zero-order chi connectivity index (χ0) is 10.5. The molecule has 2 heteroatoms. The molecule has 15 heavy (non-hydrogen) atoms. The molecular weight excluding hydrogens is 184 g/mol. The van der Waals surface area contributed by atoms with E-state index in [4.69, 9.17) is 0 Å². The van der Waals surface area contributed by atoms with Crippen LogP contribution in [0.5, 0.6) is 0 Å². The van der Waals surface area contributed by atoms with Crippen LogP contribution < -0.4 is 5.32 Å². The fourth-order valence-electron chi connectivity index (χ4n) is 2.31. The lowest BCUT2D eigenvalue weighted by molar-refractivity contribution is 0.486. The molecule has 1 N–H and O–H groups in total. The van der Waals surface area contributed by atoms with Gasteiger partial charge in [-0.15, -0.1) is 0 Å². The highest BCUT2D eigenvalue weighted by Gasteiger charge is 2.14. The molecule has 0 bridgehead atoms. The fourth-order valence-corrected chi connectivity index (χ4v) is 2.31. The van der Waals surface area contributed by atoms with Gasteiger partial charge in [-0.1, -0.05) is 18.9 Å². The van der Waals surface area contributed by atoms with Gasteiger partial charge in [0.25, 0.3) is 0 Å². The van der Waals surface area contributed by atoms with Crippen LogP contribution in [0.25, 0.3) is 0 Å². The summed E-state index contributed by atoms with van der Waals surface area (Å²) in [5.41, 5.74) is 2.48. The van der Waals surface area contributed by atoms with Crippen molar-refractivity contribution in [1.82, 2.24) is 10.3 Å². The average molecular weight is 204 g/mol. The second kappa shape index (κ2) is 5.26. The first-order valence-electron chi connectivity index (χ1n) is 5.97. The Balaban J connectivity index is 1.75. The van der Waals surface area contributed by atoms with Crippen molar-refractivity contribution >= 4 is 0 Å². The Bertz CT molecular complexity index is 303. The van der Waals surface area contributed by atoms with Gasteiger partial charge in [0, 0.05) is 12.7 Å². The molecule has 0 aromatic carbocycles. The summed E-state index contributed by atoms with van der Waals surface area (Å²) in [6.45, 7) is 4.21. The summed E-state index contributed by atoms with van der Waals surface area (Å²) in [7, 11) is 0. The lowest BCUT2D eigenvalue weighted by atomic mass is 10.1. The summed E-state index contributed by atoms with van der Waals surface area (Å²) < 4.78 is 0. The van der Waals surface area contributed by atoms with E-state index in [1.54, 1.807) is 0 Å². The highest BCUT2D eigenvalue weighted by molar-refractivity contribution is 5.17. The first kappa shape index (κ1) is 10.6. The highest BCUT2D eigenvalue weighted by atomic mass is 14.9. The molecule has 2 rings (SSSR count). The maximum Gasteiger partial charge on any atom is 0.0570 e. The van der Waals surface area contributed by atoms with Crippen LogP contribution in [0.4, 0.5) is 0 Å². The van der Waals surface area contributed by atoms with E-state index in [1.165, 1.54) is 36.9 Å². The lowest BCUT2D eigenvalue weighted by Gasteiger charge is -2.11. The lowest BCUT2D eigenvalue weighted by Crippen LogP contribution is -2.21. The summed E-state index contributed by atoms with van der Waals surface area (Å²) in [4.78, 5) is 4.38. The standard InChI is InChI=1S/C13H20N2/c1-11-5-4-8-15-13(11)10-14-9-12-6-2-3-7-12/h4-5,8,12,14H,2-3,6-7,9-10H2,1H3. The molecule has 1 saturated carbocycles. The summed E-state index contributed by atoms with van der Waals surface area (Å²) in [5, 5.41) is 3.52. The predicted octanol–water partition coefficient (Wildman–Crippen LogP) is 2.67. The van der Waals surface area contributed by atoms with Gasteiger partial charge in [-0.2, -0.15) is 0 Å². The van der Waals surface area contributed by atoms with Crippen molar-refractivity contribution in [3.8, 4) is 0 Å². The summed E-state index contributed by atoms with van der Waals surface area (Å²) in [6.07, 6.45) is 7.55. The minimum atomic E-state index is 0.911. The summed E-state index contributed by atoms with van der Waals surface area (Å²) in [6, 6.07) is 4.12. The van der Waals surface area contributed by atoms with Crippen molar-refractivity contribution in [2.45, 2.75) is 39.2 Å². The Morgan fingerprint density at radius 3 is 2.93 bits per heavy atom. The monoisotopic (exact) mass is 204 g/mol. The van der Waals surface area contributed by atoms with Gasteiger partial charge in [0.2, 0.25) is 0 Å². The van der Waals surface area contributed by atoms with E-state index in [9.17, 15) is 0 Å². The SMILES string of the molecule is Cc1cccnc1CNCC1CCCC1. The molecule has 1 fully saturated rings. The van der Waals surface area contributed by atoms with Gasteiger partial charge in [-0.05, 0) is 43.9 Å². The molecule has 0 amide bonds. The van der Waals surface area contributed by atoms with E-state index in [2.05, 4.69) is 23.3 Å². The summed E-state index contributed by atoms with van der Waals surface area (Å²) in [5.74, 6) is 0.911. The maximum atomic E-state index is 4.38. The summed E-state index contributed by atoms with van der Waals surface area (Å²) >= 11 is 0. The van der Waals surface area contributed by atoms with Crippen LogP contribution in [0.15, 0.2) is 18.3 Å². The van der Waals surface area contributed by atoms with Gasteiger partial charge in [-0.25, -0.2) is 0 Å². The molecule has 1 aromatic heterocycles. The van der Waals surface area contributed by atoms with E-state index < -0.39 is 0 Å². The molecule has 1 aliphatic rings. The van der Waals surface area contributed by atoms with Crippen LogP contribution in [-0.2, 0) is 6.54 Å². The zero-order valence-corrected chi connectivity index (χ0v) is 9.50. The quantitative estimate of drug-likeness (QED) is 0.815. The van der Waals surface area contributed by atoms with Gasteiger partial charge in [-0.3, -0.25) is 4.98 Å². The van der Waals surface area contributed by atoms with E-state index in [-0.39, 0.29) is 0 Å². The molecule has 82 valence electrons. The average Bonchev–Trinajstić information content (AvgIpc) is 2.74. The van der Waals surface area contributed by atoms with Crippen LogP contribution in [0.2, 0.25) is 0 Å². The normalized spacial score (nSPS) is 17.1. The third-order valence-electron chi connectivity index (χ3n) is 3.32. The molecule has 2 nitrogen and oxygen atoms in total. The number of rotatable bonds is 4. The Labute approximate surface area is 92.1 Å². The van der Waals surface area contributed by atoms with Crippen LogP contribution in [0, 0.1) is 12.8 Å². The van der Waals surface area contributed by atoms with E-state index in [0.29, 0.717) is 0 Å². The van der Waals surface area contributed by atoms with Crippen LogP contribution in [-0.4, -0.2) is 11.5 Å². The van der Waals surface area contributed by atoms with Crippen molar-refractivity contribution in [1.29, 1.82) is 0 Å². The van der Waals surface area contributed by atoms with E-state index in [0.717, 1.165) is 19.0 Å². The third-order valence-corrected chi connectivity index (χ3v) is 3.32. The largest absolute Gasteiger partial charge is 0.311 e. The molecular formula is C13H20N2. The Kier molecular flexibility index (Phi) is 3.73. The molecule has 0 radical (unpaired) electrons. The number of nitrogens with zero attached hydrogens (tertiary/aromatic N) is 1. The number of hydrogen-bond donors (Lipinski definition) is 1. The second-order valence-electron chi connectivity index (χ2n) is 4.55. The minimum Gasteiger partial charge on any atom is -0.311 e. The fraction of sp³-hybridized carbons (Fsp3) is 0.615. The Morgan fingerprint density at radius 1 is 1.40 bits per heavy atom. The zero-order valence-electron chi connectivity index (χ0n) is 9.50. The molecule has 0 aliphatic heterocycles. The first-order chi connectivity index (χ1) is 7.36. The third kappa shape index (κ3) is 3.03. The van der Waals surface area contributed by atoms with Crippen LogP contribution in [0.3, 0.4) is 0 Å². The highest BCUT2D eigenvalue weighted by Crippen LogP contribution is 2.23. The molecule has 0 atom stereocenters. The minimum absolute atomic E-state index is 0.911. The van der Waals surface area contributed by atoms with Gasteiger partial charge in [0.1, 0.15) is 0 Å². The van der Waals surface area contributed by atoms with Crippen molar-refractivity contribution in [2.75, 3.05) is 6.54 Å². The Morgan fingerprint density at radius 2 is 2.20 bits per heavy atom. The molecule has 1 heterocycles. The van der Waals surface area contributed by atoms with E-state index in [1.807, 2.05) is 12.3 Å². The van der Waals surface area contributed by atoms with Crippen molar-refractivity contribution in [2.24, 2.45) is 5.92 Å². The molecule has 0 unspecified atom stereocenters. The number of aromatic nitrogens is 1. The Hall–Kier alpha value is -0.890. The van der Waals surface area contributed by atoms with Crippen LogP contribution in [0.1, 0.15) is 36.9 Å². The molecule has 1 aliphatic carbocycles. The number of nitrogens with one attached hydrogen (secondary N) is 1. The smallest absolute Gasteiger partial charge is 0.0570 e. The number of aryl methyl sites for hydroxylation is 1. The van der Waals surface area contributed by atoms with Gasteiger partial charge < -0.3 is 5.32 Å². The van der Waals surface area contributed by atoms with E-state index >= 15 is 0 Å². The van der Waals surface area contributed by atoms with Crippen molar-refractivity contribution < 1.29 is 0 Å². The molecule has 0 spiro atoms. The predicted molar refractivity (Wildman–Crippen MR) is 62.6 cm³/mol. The van der Waals surface area contributed by atoms with Gasteiger partial charge in [0.15, 0.2) is 0 Å². The topological polar surface area (TPSA) is 24.9 Å². The second-order valence-corrected chi connectivity index (χ2v) is 4.55.